The maximum Gasteiger partial charge on any atom is 0.240 e. The molecule has 0 saturated carbocycles. The number of hydrogen-bond donors (Lipinski definition) is 1. The van der Waals surface area contributed by atoms with Crippen LogP contribution >= 0.6 is 0 Å². The molecule has 4 rings (SSSR count). The molecule has 1 atom stereocenters. The van der Waals surface area contributed by atoms with Gasteiger partial charge in [0.2, 0.25) is 10.0 Å². The third kappa shape index (κ3) is 4.54. The van der Waals surface area contributed by atoms with E-state index in [4.69, 9.17) is 5.26 Å². The summed E-state index contributed by atoms with van der Waals surface area (Å²) in [5.74, 6) is 0. The van der Waals surface area contributed by atoms with Crippen LogP contribution in [0.5, 0.6) is 0 Å². The Balaban J connectivity index is 1.36. The number of rotatable bonds is 6. The fourth-order valence-electron chi connectivity index (χ4n) is 3.53. The van der Waals surface area contributed by atoms with Crippen LogP contribution in [-0.2, 0) is 16.6 Å². The third-order valence-corrected chi connectivity index (χ3v) is 6.50. The first-order chi connectivity index (χ1) is 14.0. The monoisotopic (exact) mass is 407 g/mol. The number of nitriles is 1. The second-order valence-corrected chi connectivity index (χ2v) is 8.81. The molecule has 0 radical (unpaired) electrons. The van der Waals surface area contributed by atoms with E-state index in [1.54, 1.807) is 18.3 Å². The van der Waals surface area contributed by atoms with E-state index in [0.717, 1.165) is 25.2 Å². The second kappa shape index (κ2) is 8.17. The highest BCUT2D eigenvalue weighted by atomic mass is 32.2. The summed E-state index contributed by atoms with van der Waals surface area (Å²) in [5, 5.41) is 13.2. The van der Waals surface area contributed by atoms with Gasteiger partial charge in [0.05, 0.1) is 22.2 Å². The predicted molar refractivity (Wildman–Crippen MR) is 109 cm³/mol. The lowest BCUT2D eigenvalue weighted by Crippen LogP contribution is -2.37. The quantitative estimate of drug-likeness (QED) is 0.677. The number of nitrogens with zero attached hydrogens (tertiary/aromatic N) is 4. The van der Waals surface area contributed by atoms with Crippen molar-refractivity contribution in [3.05, 3.63) is 78.1 Å². The van der Waals surface area contributed by atoms with Gasteiger partial charge in [-0.1, -0.05) is 18.2 Å². The van der Waals surface area contributed by atoms with Crippen molar-refractivity contribution >= 4 is 10.0 Å². The van der Waals surface area contributed by atoms with Crippen LogP contribution < -0.4 is 4.72 Å². The standard InChI is InChI=1S/C21H21N5O2S/c22-14-18-3-1-4-21(13-18)29(27,28)24-19-9-12-25(16-19)15-17-5-7-20(8-6-17)26-11-2-10-23-26/h1-8,10-11,13,19,24H,9,12,15-16H2/t19-/m1/s1. The third-order valence-electron chi connectivity index (χ3n) is 4.98. The largest absolute Gasteiger partial charge is 0.297 e. The van der Waals surface area contributed by atoms with Crippen LogP contribution in [0.4, 0.5) is 0 Å². The summed E-state index contributed by atoms with van der Waals surface area (Å²) in [6.07, 6.45) is 4.40. The van der Waals surface area contributed by atoms with E-state index in [1.807, 2.05) is 35.1 Å². The van der Waals surface area contributed by atoms with Crippen molar-refractivity contribution in [1.29, 1.82) is 5.26 Å². The number of hydrogen-bond acceptors (Lipinski definition) is 5. The Hall–Kier alpha value is -2.99. The number of nitrogens with one attached hydrogen (secondary N) is 1. The molecule has 0 spiro atoms. The van der Waals surface area contributed by atoms with Crippen LogP contribution in [0.2, 0.25) is 0 Å². The molecule has 0 unspecified atom stereocenters. The van der Waals surface area contributed by atoms with Crippen LogP contribution in [0, 0.1) is 11.3 Å². The lowest BCUT2D eigenvalue weighted by atomic mass is 10.2. The number of likely N-dealkylation sites (tertiary alicyclic amines) is 1. The molecule has 1 aliphatic rings. The van der Waals surface area contributed by atoms with E-state index in [1.165, 1.54) is 17.7 Å². The highest BCUT2D eigenvalue weighted by Crippen LogP contribution is 2.18. The van der Waals surface area contributed by atoms with Crippen molar-refractivity contribution in [2.75, 3.05) is 13.1 Å². The average molecular weight is 407 g/mol. The molecule has 8 heteroatoms. The van der Waals surface area contributed by atoms with E-state index in [2.05, 4.69) is 26.9 Å². The Morgan fingerprint density at radius 1 is 1.17 bits per heavy atom. The summed E-state index contributed by atoms with van der Waals surface area (Å²) >= 11 is 0. The molecule has 29 heavy (non-hydrogen) atoms. The van der Waals surface area contributed by atoms with Gasteiger partial charge in [-0.15, -0.1) is 0 Å². The average Bonchev–Trinajstić information content (AvgIpc) is 3.41. The van der Waals surface area contributed by atoms with Gasteiger partial charge in [-0.25, -0.2) is 17.8 Å². The normalized spacial score (nSPS) is 17.3. The van der Waals surface area contributed by atoms with E-state index in [-0.39, 0.29) is 10.9 Å². The van der Waals surface area contributed by atoms with Gasteiger partial charge in [0.15, 0.2) is 0 Å². The van der Waals surface area contributed by atoms with Gasteiger partial charge in [-0.05, 0) is 48.4 Å². The minimum Gasteiger partial charge on any atom is -0.297 e. The second-order valence-electron chi connectivity index (χ2n) is 7.10. The fraction of sp³-hybridized carbons (Fsp3) is 0.238. The first-order valence-electron chi connectivity index (χ1n) is 9.37. The van der Waals surface area contributed by atoms with Gasteiger partial charge in [-0.2, -0.15) is 10.4 Å². The highest BCUT2D eigenvalue weighted by Gasteiger charge is 2.27. The zero-order chi connectivity index (χ0) is 20.3. The van der Waals surface area contributed by atoms with Crippen LogP contribution in [0.15, 0.2) is 71.9 Å². The van der Waals surface area contributed by atoms with E-state index in [0.29, 0.717) is 12.1 Å². The molecule has 0 bridgehead atoms. The van der Waals surface area contributed by atoms with Crippen molar-refractivity contribution in [2.45, 2.75) is 23.9 Å². The topological polar surface area (TPSA) is 91.0 Å². The molecule has 0 aliphatic carbocycles. The molecule has 1 aliphatic heterocycles. The molecule has 1 saturated heterocycles. The van der Waals surface area contributed by atoms with Gasteiger partial charge in [0.25, 0.3) is 0 Å². The Morgan fingerprint density at radius 2 is 2.00 bits per heavy atom. The molecule has 148 valence electrons. The van der Waals surface area contributed by atoms with Gasteiger partial charge >= 0.3 is 0 Å². The number of benzene rings is 2. The van der Waals surface area contributed by atoms with Crippen molar-refractivity contribution in [1.82, 2.24) is 19.4 Å². The highest BCUT2D eigenvalue weighted by molar-refractivity contribution is 7.89. The number of sulfonamides is 1. The molecule has 1 fully saturated rings. The molecule has 2 aromatic carbocycles. The molecular weight excluding hydrogens is 386 g/mol. The zero-order valence-electron chi connectivity index (χ0n) is 15.8. The predicted octanol–water partition coefficient (Wildman–Crippen LogP) is 2.30. The molecule has 3 aromatic rings. The van der Waals surface area contributed by atoms with Gasteiger partial charge in [0, 0.05) is 38.1 Å². The Morgan fingerprint density at radius 3 is 2.72 bits per heavy atom. The summed E-state index contributed by atoms with van der Waals surface area (Å²) in [6.45, 7) is 2.24. The first-order valence-corrected chi connectivity index (χ1v) is 10.9. The lowest BCUT2D eigenvalue weighted by Gasteiger charge is -2.17. The van der Waals surface area contributed by atoms with E-state index < -0.39 is 10.0 Å². The van der Waals surface area contributed by atoms with Crippen LogP contribution in [-0.4, -0.2) is 42.2 Å². The minimum absolute atomic E-state index is 0.129. The molecule has 2 heterocycles. The van der Waals surface area contributed by atoms with Crippen LogP contribution in [0.25, 0.3) is 5.69 Å². The van der Waals surface area contributed by atoms with Crippen molar-refractivity contribution in [2.24, 2.45) is 0 Å². The minimum atomic E-state index is -3.64. The van der Waals surface area contributed by atoms with Gasteiger partial charge in [-0.3, -0.25) is 4.90 Å². The molecule has 7 nitrogen and oxygen atoms in total. The SMILES string of the molecule is N#Cc1cccc(S(=O)(=O)N[C@@H]2CCN(Cc3ccc(-n4cccn4)cc3)C2)c1. The number of aromatic nitrogens is 2. The summed E-state index contributed by atoms with van der Waals surface area (Å²) in [6, 6.07) is 18.0. The molecule has 0 amide bonds. The summed E-state index contributed by atoms with van der Waals surface area (Å²) in [5.41, 5.74) is 2.51. The maximum atomic E-state index is 12.6. The van der Waals surface area contributed by atoms with Crippen LogP contribution in [0.1, 0.15) is 17.5 Å². The maximum absolute atomic E-state index is 12.6. The van der Waals surface area contributed by atoms with E-state index >= 15 is 0 Å². The molecular formula is C21H21N5O2S. The van der Waals surface area contributed by atoms with Gasteiger partial charge < -0.3 is 0 Å². The molecule has 1 N–H and O–H groups in total. The first kappa shape index (κ1) is 19.3. The van der Waals surface area contributed by atoms with Crippen LogP contribution in [0.3, 0.4) is 0 Å². The smallest absolute Gasteiger partial charge is 0.240 e. The van der Waals surface area contributed by atoms with Crippen molar-refractivity contribution < 1.29 is 8.42 Å². The Kier molecular flexibility index (Phi) is 5.45. The van der Waals surface area contributed by atoms with Crippen molar-refractivity contribution in [3.63, 3.8) is 0 Å². The summed E-state index contributed by atoms with van der Waals surface area (Å²) in [4.78, 5) is 2.37. The Bertz CT molecular complexity index is 1120. The zero-order valence-corrected chi connectivity index (χ0v) is 16.6. The lowest BCUT2D eigenvalue weighted by molar-refractivity contribution is 0.324. The van der Waals surface area contributed by atoms with Crippen molar-refractivity contribution in [3.8, 4) is 11.8 Å². The van der Waals surface area contributed by atoms with E-state index in [9.17, 15) is 8.42 Å². The summed E-state index contributed by atoms with van der Waals surface area (Å²) < 4.78 is 29.8. The fourth-order valence-corrected chi connectivity index (χ4v) is 4.83. The van der Waals surface area contributed by atoms with Gasteiger partial charge in [0.1, 0.15) is 0 Å². The Labute approximate surface area is 170 Å². The molecule has 1 aromatic heterocycles. The summed E-state index contributed by atoms with van der Waals surface area (Å²) in [7, 11) is -3.64.